The maximum Gasteiger partial charge on any atom is 0.387 e. The van der Waals surface area contributed by atoms with E-state index in [0.29, 0.717) is 30.5 Å². The molecule has 198 valence electrons. The van der Waals surface area contributed by atoms with Gasteiger partial charge in [-0.2, -0.15) is 8.78 Å². The number of hydrogen-bond acceptors (Lipinski definition) is 7. The van der Waals surface area contributed by atoms with Crippen molar-refractivity contribution < 1.29 is 36.2 Å². The van der Waals surface area contributed by atoms with Crippen LogP contribution in [-0.2, 0) is 14.6 Å². The fraction of sp³-hybridized carbons (Fsp3) is 0.583. The second-order valence-corrected chi connectivity index (χ2v) is 12.2. The highest BCUT2D eigenvalue weighted by atomic mass is 32.2. The van der Waals surface area contributed by atoms with E-state index in [1.807, 2.05) is 0 Å². The molecule has 1 aromatic carbocycles. The second kappa shape index (κ2) is 10.0. The smallest absolute Gasteiger partial charge is 0.387 e. The number of amides is 1. The Labute approximate surface area is 207 Å². The van der Waals surface area contributed by atoms with E-state index in [-0.39, 0.29) is 53.3 Å². The lowest BCUT2D eigenvalue weighted by Gasteiger charge is -2.40. The molecule has 2 fully saturated rings. The molecule has 4 rings (SSSR count). The summed E-state index contributed by atoms with van der Waals surface area (Å²) in [6, 6.07) is 2.78. The lowest BCUT2D eigenvalue weighted by atomic mass is 9.82. The fourth-order valence-corrected chi connectivity index (χ4v) is 7.36. The predicted molar refractivity (Wildman–Crippen MR) is 126 cm³/mol. The van der Waals surface area contributed by atoms with Crippen LogP contribution in [0.15, 0.2) is 29.5 Å². The number of aliphatic hydroxyl groups excluding tert-OH is 1. The molecular formula is C24H30F3N3O5S. The number of allylic oxidation sites excluding steroid dienone is 2. The minimum atomic E-state index is -3.15. The molecule has 0 bridgehead atoms. The number of nitrogens with one attached hydrogen (secondary N) is 3. The first kappa shape index (κ1) is 26.5. The molecule has 36 heavy (non-hydrogen) atoms. The summed E-state index contributed by atoms with van der Waals surface area (Å²) >= 11 is 0. The molecule has 1 unspecified atom stereocenters. The Morgan fingerprint density at radius 1 is 1.25 bits per heavy atom. The third-order valence-corrected chi connectivity index (χ3v) is 9.16. The van der Waals surface area contributed by atoms with Gasteiger partial charge in [-0.1, -0.05) is 0 Å². The van der Waals surface area contributed by atoms with Gasteiger partial charge in [-0.15, -0.1) is 0 Å². The van der Waals surface area contributed by atoms with Gasteiger partial charge >= 0.3 is 6.61 Å². The first-order chi connectivity index (χ1) is 16.9. The van der Waals surface area contributed by atoms with Crippen molar-refractivity contribution in [3.63, 3.8) is 0 Å². The first-order valence-corrected chi connectivity index (χ1v) is 13.7. The van der Waals surface area contributed by atoms with Crippen molar-refractivity contribution >= 4 is 21.5 Å². The van der Waals surface area contributed by atoms with Gasteiger partial charge in [0.2, 0.25) is 5.91 Å². The summed E-state index contributed by atoms with van der Waals surface area (Å²) in [5.41, 5.74) is -0.287. The van der Waals surface area contributed by atoms with Gasteiger partial charge in [-0.3, -0.25) is 10.2 Å². The zero-order chi connectivity index (χ0) is 26.3. The van der Waals surface area contributed by atoms with Crippen LogP contribution in [0.3, 0.4) is 0 Å². The van der Waals surface area contributed by atoms with E-state index in [2.05, 4.69) is 15.4 Å². The molecule has 0 aromatic heterocycles. The average molecular weight is 530 g/mol. The Hall–Kier alpha value is -2.60. The summed E-state index contributed by atoms with van der Waals surface area (Å²) < 4.78 is 67.5. The molecule has 1 heterocycles. The average Bonchev–Trinajstić information content (AvgIpc) is 3.17. The van der Waals surface area contributed by atoms with Crippen LogP contribution >= 0.6 is 0 Å². The standard InChI is InChI=1S/C24H30F3N3O5S/c1-24(11-36(33,34)12-24)30-22(32)13-5-7-15(19(9-13)29-18-3-2-4-20(18)31)21(28)16-10-14(35-23(26)27)6-8-17(16)25/h6,8,10,13,18,20,23,28-29,31H,2-5,7,9,11-12H2,1H3,(H,30,32)/t13-,18-,20?/m1/s1. The maximum atomic E-state index is 14.6. The number of aliphatic hydroxyl groups is 1. The Morgan fingerprint density at radius 3 is 2.58 bits per heavy atom. The van der Waals surface area contributed by atoms with Gasteiger partial charge in [-0.05, 0) is 69.2 Å². The minimum absolute atomic E-state index is 0.125. The van der Waals surface area contributed by atoms with Crippen molar-refractivity contribution in [2.75, 3.05) is 11.5 Å². The summed E-state index contributed by atoms with van der Waals surface area (Å²) in [5, 5.41) is 25.1. The molecule has 8 nitrogen and oxygen atoms in total. The summed E-state index contributed by atoms with van der Waals surface area (Å²) in [6.45, 7) is -1.42. The van der Waals surface area contributed by atoms with Crippen molar-refractivity contribution in [2.45, 2.75) is 69.7 Å². The van der Waals surface area contributed by atoms with Crippen molar-refractivity contribution in [3.8, 4) is 5.75 Å². The van der Waals surface area contributed by atoms with Crippen LogP contribution in [0.1, 0.15) is 51.0 Å². The molecule has 3 atom stereocenters. The quantitative estimate of drug-likeness (QED) is 0.384. The van der Waals surface area contributed by atoms with Crippen LogP contribution in [0, 0.1) is 17.1 Å². The highest BCUT2D eigenvalue weighted by Gasteiger charge is 2.46. The molecule has 4 N–H and O–H groups in total. The molecule has 2 aliphatic carbocycles. The van der Waals surface area contributed by atoms with Gasteiger partial charge in [0.05, 0.1) is 34.9 Å². The van der Waals surface area contributed by atoms with Crippen molar-refractivity contribution in [3.05, 3.63) is 40.8 Å². The van der Waals surface area contributed by atoms with Crippen molar-refractivity contribution in [1.82, 2.24) is 10.6 Å². The third-order valence-electron chi connectivity index (χ3n) is 7.00. The topological polar surface area (TPSA) is 129 Å². The Balaban J connectivity index is 1.59. The molecule has 1 saturated heterocycles. The largest absolute Gasteiger partial charge is 0.435 e. The van der Waals surface area contributed by atoms with Gasteiger partial charge in [0, 0.05) is 17.2 Å². The van der Waals surface area contributed by atoms with Crippen LogP contribution in [-0.4, -0.2) is 60.9 Å². The van der Waals surface area contributed by atoms with Crippen LogP contribution in [0.4, 0.5) is 13.2 Å². The van der Waals surface area contributed by atoms with E-state index in [4.69, 9.17) is 5.41 Å². The molecular weight excluding hydrogens is 499 g/mol. The lowest BCUT2D eigenvalue weighted by molar-refractivity contribution is -0.126. The lowest BCUT2D eigenvalue weighted by Crippen LogP contribution is -2.64. The zero-order valence-corrected chi connectivity index (χ0v) is 20.6. The third kappa shape index (κ3) is 5.86. The number of alkyl halides is 2. The summed E-state index contributed by atoms with van der Waals surface area (Å²) in [5.74, 6) is -2.11. The van der Waals surface area contributed by atoms with Crippen LogP contribution in [0.25, 0.3) is 0 Å². The number of sulfone groups is 1. The van der Waals surface area contributed by atoms with Gasteiger partial charge in [0.15, 0.2) is 9.84 Å². The molecule has 0 radical (unpaired) electrons. The fourth-order valence-electron chi connectivity index (χ4n) is 5.35. The number of ether oxygens (including phenoxy) is 1. The van der Waals surface area contributed by atoms with E-state index >= 15 is 0 Å². The maximum absolute atomic E-state index is 14.6. The molecule has 3 aliphatic rings. The number of rotatable bonds is 8. The van der Waals surface area contributed by atoms with E-state index in [1.54, 1.807) is 6.92 Å². The molecule has 0 spiro atoms. The van der Waals surface area contributed by atoms with Crippen LogP contribution in [0.2, 0.25) is 0 Å². The minimum Gasteiger partial charge on any atom is -0.435 e. The second-order valence-electron chi connectivity index (χ2n) is 10.1. The molecule has 1 saturated carbocycles. The van der Waals surface area contributed by atoms with Crippen molar-refractivity contribution in [1.29, 1.82) is 5.41 Å². The summed E-state index contributed by atoms with van der Waals surface area (Å²) in [7, 11) is -3.15. The monoisotopic (exact) mass is 529 g/mol. The van der Waals surface area contributed by atoms with Gasteiger partial charge in [0.25, 0.3) is 0 Å². The molecule has 1 amide bonds. The van der Waals surface area contributed by atoms with Crippen molar-refractivity contribution in [2.24, 2.45) is 5.92 Å². The van der Waals surface area contributed by atoms with Gasteiger partial charge in [-0.25, -0.2) is 12.8 Å². The number of hydrogen-bond donors (Lipinski definition) is 4. The summed E-state index contributed by atoms with van der Waals surface area (Å²) in [4.78, 5) is 13.0. The van der Waals surface area contributed by atoms with Gasteiger partial charge < -0.3 is 20.5 Å². The normalized spacial score (nSPS) is 26.9. The predicted octanol–water partition coefficient (Wildman–Crippen LogP) is 2.66. The zero-order valence-electron chi connectivity index (χ0n) is 19.8. The SMILES string of the molecule is CC1(NC(=O)[C@@H]2CCC(C(=N)c3cc(OC(F)F)ccc3F)=C(N[C@@H]3CCCC3O)C2)CS(=O)(=O)C1. The molecule has 1 aromatic rings. The Morgan fingerprint density at radius 2 is 1.97 bits per heavy atom. The molecule has 1 aliphatic heterocycles. The number of benzene rings is 1. The number of halogens is 3. The molecule has 12 heteroatoms. The highest BCUT2D eigenvalue weighted by Crippen LogP contribution is 2.34. The number of carbonyl (C=O) groups excluding carboxylic acids is 1. The first-order valence-electron chi connectivity index (χ1n) is 11.9. The Kier molecular flexibility index (Phi) is 7.38. The summed E-state index contributed by atoms with van der Waals surface area (Å²) in [6.07, 6.45) is 2.23. The van der Waals surface area contributed by atoms with Crippen LogP contribution < -0.4 is 15.4 Å². The van der Waals surface area contributed by atoms with Crippen LogP contribution in [0.5, 0.6) is 5.75 Å². The Bertz CT molecular complexity index is 1180. The highest BCUT2D eigenvalue weighted by molar-refractivity contribution is 7.93. The van der Waals surface area contributed by atoms with E-state index < -0.39 is 39.8 Å². The van der Waals surface area contributed by atoms with Gasteiger partial charge in [0.1, 0.15) is 11.6 Å². The van der Waals surface area contributed by atoms with E-state index in [9.17, 15) is 31.5 Å². The number of carbonyl (C=O) groups is 1. The van der Waals surface area contributed by atoms with E-state index in [1.165, 1.54) is 0 Å². The van der Waals surface area contributed by atoms with E-state index in [0.717, 1.165) is 24.6 Å².